The molecule has 0 saturated carbocycles. The lowest BCUT2D eigenvalue weighted by Gasteiger charge is -2.18. The maximum absolute atomic E-state index is 13.2. The highest BCUT2D eigenvalue weighted by Crippen LogP contribution is 2.35. The zero-order chi connectivity index (χ0) is 23.5. The third kappa shape index (κ3) is 4.66. The van der Waals surface area contributed by atoms with Crippen molar-refractivity contribution in [3.05, 3.63) is 83.4 Å². The zero-order valence-electron chi connectivity index (χ0n) is 18.4. The molecular weight excluding hydrogens is 436 g/mol. The van der Waals surface area contributed by atoms with Gasteiger partial charge < -0.3 is 29.6 Å². The highest BCUT2D eigenvalue weighted by molar-refractivity contribution is 6.00. The second kappa shape index (κ2) is 9.19. The topological polar surface area (TPSA) is 95.1 Å². The first-order valence-electron chi connectivity index (χ1n) is 10.7. The van der Waals surface area contributed by atoms with E-state index in [1.807, 2.05) is 37.3 Å². The molecule has 3 aromatic carbocycles. The fraction of sp³-hybridized carbons (Fsp3) is 0.154. The Morgan fingerprint density at radius 1 is 0.824 bits per heavy atom. The molecule has 34 heavy (non-hydrogen) atoms. The summed E-state index contributed by atoms with van der Waals surface area (Å²) >= 11 is 0. The van der Waals surface area contributed by atoms with Crippen LogP contribution >= 0.6 is 0 Å². The SMILES string of the molecule is Cc1ccc([C@@H](NC(=O)/C=C/c2ccc3c(c2)OCO3)C(=O)Nc2ccc3c(c2)OCO3)cc1. The molecule has 0 radical (unpaired) electrons. The van der Waals surface area contributed by atoms with E-state index in [2.05, 4.69) is 10.6 Å². The Labute approximate surface area is 196 Å². The molecule has 0 aromatic heterocycles. The Balaban J connectivity index is 1.32. The summed E-state index contributed by atoms with van der Waals surface area (Å²) in [6.07, 6.45) is 3.03. The molecule has 0 saturated heterocycles. The van der Waals surface area contributed by atoms with Crippen LogP contribution in [0.5, 0.6) is 23.0 Å². The maximum Gasteiger partial charge on any atom is 0.251 e. The summed E-state index contributed by atoms with van der Waals surface area (Å²) in [6.45, 7) is 2.28. The minimum atomic E-state index is -0.903. The number of ether oxygens (including phenoxy) is 4. The highest BCUT2D eigenvalue weighted by Gasteiger charge is 2.23. The van der Waals surface area contributed by atoms with Gasteiger partial charge in [0.15, 0.2) is 23.0 Å². The van der Waals surface area contributed by atoms with Crippen molar-refractivity contribution in [2.24, 2.45) is 0 Å². The summed E-state index contributed by atoms with van der Waals surface area (Å²) in [7, 11) is 0. The summed E-state index contributed by atoms with van der Waals surface area (Å²) in [5.41, 5.74) is 3.02. The quantitative estimate of drug-likeness (QED) is 0.543. The van der Waals surface area contributed by atoms with Crippen LogP contribution in [0.15, 0.2) is 66.7 Å². The third-order valence-corrected chi connectivity index (χ3v) is 5.42. The number of hydrogen-bond acceptors (Lipinski definition) is 6. The molecule has 1 atom stereocenters. The van der Waals surface area contributed by atoms with E-state index in [4.69, 9.17) is 18.9 Å². The molecule has 2 aliphatic heterocycles. The smallest absolute Gasteiger partial charge is 0.251 e. The first kappa shape index (κ1) is 21.4. The number of carbonyl (C=O) groups is 2. The number of hydrogen-bond donors (Lipinski definition) is 2. The number of nitrogens with one attached hydrogen (secondary N) is 2. The lowest BCUT2D eigenvalue weighted by Crippen LogP contribution is -2.36. The predicted octanol–water partition coefficient (Wildman–Crippen LogP) is 3.96. The van der Waals surface area contributed by atoms with Gasteiger partial charge in [0, 0.05) is 17.8 Å². The van der Waals surface area contributed by atoms with Gasteiger partial charge in [-0.1, -0.05) is 35.9 Å². The Bertz CT molecular complexity index is 1270. The molecule has 0 aliphatic carbocycles. The fourth-order valence-electron chi connectivity index (χ4n) is 3.63. The van der Waals surface area contributed by atoms with Crippen molar-refractivity contribution in [3.8, 4) is 23.0 Å². The largest absolute Gasteiger partial charge is 0.454 e. The molecule has 0 spiro atoms. The summed E-state index contributed by atoms with van der Waals surface area (Å²) in [5, 5.41) is 5.65. The van der Waals surface area contributed by atoms with Gasteiger partial charge >= 0.3 is 0 Å². The summed E-state index contributed by atoms with van der Waals surface area (Å²) in [6, 6.07) is 17.1. The first-order chi connectivity index (χ1) is 16.5. The van der Waals surface area contributed by atoms with Gasteiger partial charge in [-0.2, -0.15) is 0 Å². The van der Waals surface area contributed by atoms with Crippen molar-refractivity contribution in [1.29, 1.82) is 0 Å². The zero-order valence-corrected chi connectivity index (χ0v) is 18.4. The van der Waals surface area contributed by atoms with Crippen LogP contribution in [0.1, 0.15) is 22.7 Å². The Hall–Kier alpha value is -4.46. The molecule has 2 amide bonds. The lowest BCUT2D eigenvalue weighted by atomic mass is 10.0. The van der Waals surface area contributed by atoms with Gasteiger partial charge in [0.05, 0.1) is 0 Å². The van der Waals surface area contributed by atoms with Crippen molar-refractivity contribution in [2.45, 2.75) is 13.0 Å². The average Bonchev–Trinajstić information content (AvgIpc) is 3.50. The van der Waals surface area contributed by atoms with Gasteiger partial charge in [0.1, 0.15) is 6.04 Å². The van der Waals surface area contributed by atoms with Gasteiger partial charge in [0.25, 0.3) is 5.91 Å². The van der Waals surface area contributed by atoms with Gasteiger partial charge in [-0.05, 0) is 48.4 Å². The van der Waals surface area contributed by atoms with E-state index in [-0.39, 0.29) is 19.5 Å². The first-order valence-corrected chi connectivity index (χ1v) is 10.7. The van der Waals surface area contributed by atoms with E-state index < -0.39 is 11.9 Å². The molecule has 2 N–H and O–H groups in total. The normalized spacial score (nSPS) is 14.1. The van der Waals surface area contributed by atoms with Crippen LogP contribution in [0.3, 0.4) is 0 Å². The summed E-state index contributed by atoms with van der Waals surface area (Å²) < 4.78 is 21.4. The van der Waals surface area contributed by atoms with Gasteiger partial charge in [-0.3, -0.25) is 9.59 Å². The van der Waals surface area contributed by atoms with Crippen LogP contribution in [0.25, 0.3) is 6.08 Å². The second-order valence-electron chi connectivity index (χ2n) is 7.86. The highest BCUT2D eigenvalue weighted by atomic mass is 16.7. The van der Waals surface area contributed by atoms with E-state index in [0.29, 0.717) is 34.2 Å². The predicted molar refractivity (Wildman–Crippen MR) is 125 cm³/mol. The van der Waals surface area contributed by atoms with Crippen molar-refractivity contribution in [2.75, 3.05) is 18.9 Å². The molecule has 0 unspecified atom stereocenters. The van der Waals surface area contributed by atoms with Crippen molar-refractivity contribution >= 4 is 23.6 Å². The van der Waals surface area contributed by atoms with Crippen molar-refractivity contribution in [3.63, 3.8) is 0 Å². The van der Waals surface area contributed by atoms with Crippen LogP contribution in [0, 0.1) is 6.92 Å². The molecular formula is C26H22N2O6. The standard InChI is InChI=1S/C26H22N2O6/c1-16-2-6-18(7-3-16)25(26(30)27-19-8-10-21-23(13-19)34-15-32-21)28-24(29)11-5-17-4-9-20-22(12-17)33-14-31-20/h2-13,25H,14-15H2,1H3,(H,27,30)(H,28,29)/b11-5+/t25-/m1/s1. The molecule has 2 heterocycles. The van der Waals surface area contributed by atoms with Crippen LogP contribution in [0.4, 0.5) is 5.69 Å². The number of anilines is 1. The van der Waals surface area contributed by atoms with Crippen molar-refractivity contribution in [1.82, 2.24) is 5.32 Å². The maximum atomic E-state index is 13.2. The molecule has 2 aliphatic rings. The average molecular weight is 458 g/mol. The van der Waals surface area contributed by atoms with E-state index in [0.717, 1.165) is 11.1 Å². The number of benzene rings is 3. The third-order valence-electron chi connectivity index (χ3n) is 5.42. The molecule has 0 fully saturated rings. The monoisotopic (exact) mass is 458 g/mol. The Morgan fingerprint density at radius 3 is 2.21 bits per heavy atom. The van der Waals surface area contributed by atoms with E-state index in [1.165, 1.54) is 6.08 Å². The number of amides is 2. The van der Waals surface area contributed by atoms with Gasteiger partial charge in [-0.25, -0.2) is 0 Å². The molecule has 3 aromatic rings. The second-order valence-corrected chi connectivity index (χ2v) is 7.86. The van der Waals surface area contributed by atoms with E-state index in [9.17, 15) is 9.59 Å². The summed E-state index contributed by atoms with van der Waals surface area (Å²) in [4.78, 5) is 25.9. The molecule has 0 bridgehead atoms. The van der Waals surface area contributed by atoms with Gasteiger partial charge in [0.2, 0.25) is 19.5 Å². The van der Waals surface area contributed by atoms with E-state index >= 15 is 0 Å². The molecule has 8 nitrogen and oxygen atoms in total. The Morgan fingerprint density at radius 2 is 1.47 bits per heavy atom. The minimum Gasteiger partial charge on any atom is -0.454 e. The number of carbonyl (C=O) groups excluding carboxylic acids is 2. The molecule has 5 rings (SSSR count). The van der Waals surface area contributed by atoms with Crippen LogP contribution in [-0.2, 0) is 9.59 Å². The summed E-state index contributed by atoms with van der Waals surface area (Å²) in [5.74, 6) is 1.68. The van der Waals surface area contributed by atoms with Crippen LogP contribution < -0.4 is 29.6 Å². The number of rotatable bonds is 6. The fourth-order valence-corrected chi connectivity index (χ4v) is 3.63. The molecule has 172 valence electrons. The van der Waals surface area contributed by atoms with Crippen LogP contribution in [-0.4, -0.2) is 25.4 Å². The number of fused-ring (bicyclic) bond motifs is 2. The Kier molecular flexibility index (Phi) is 5.78. The van der Waals surface area contributed by atoms with Crippen LogP contribution in [0.2, 0.25) is 0 Å². The minimum absolute atomic E-state index is 0.143. The lowest BCUT2D eigenvalue weighted by molar-refractivity contribution is -0.123. The van der Waals surface area contributed by atoms with Gasteiger partial charge in [-0.15, -0.1) is 0 Å². The van der Waals surface area contributed by atoms with Crippen molar-refractivity contribution < 1.29 is 28.5 Å². The van der Waals surface area contributed by atoms with E-state index in [1.54, 1.807) is 36.4 Å². The number of aryl methyl sites for hydroxylation is 1. The molecule has 8 heteroatoms.